The lowest BCUT2D eigenvalue weighted by atomic mass is 9.95. The van der Waals surface area contributed by atoms with Crippen molar-refractivity contribution in [3.05, 3.63) is 47.3 Å². The van der Waals surface area contributed by atoms with Gasteiger partial charge >= 0.3 is 0 Å². The summed E-state index contributed by atoms with van der Waals surface area (Å²) in [4.78, 5) is 26.9. The van der Waals surface area contributed by atoms with Crippen LogP contribution >= 0.6 is 0 Å². The van der Waals surface area contributed by atoms with E-state index in [1.54, 1.807) is 4.68 Å². The van der Waals surface area contributed by atoms with Gasteiger partial charge in [0.05, 0.1) is 17.1 Å². The van der Waals surface area contributed by atoms with E-state index in [2.05, 4.69) is 10.4 Å². The fourth-order valence-corrected chi connectivity index (χ4v) is 3.29. The molecule has 6 heteroatoms. The number of rotatable bonds is 3. The first-order chi connectivity index (χ1) is 12.0. The standard InChI is InChI=1S/C19H24N4O2/c1-13-17(14(2)22(3)21-13)20-18(24)15-9-11-23(12-10-15)19(25)16-7-5-4-6-8-16/h4-8,15H,9-12H2,1-3H3,(H,20,24). The number of hydrogen-bond acceptors (Lipinski definition) is 3. The van der Waals surface area contributed by atoms with E-state index in [0.29, 0.717) is 31.5 Å². The van der Waals surface area contributed by atoms with Gasteiger partial charge < -0.3 is 10.2 Å². The van der Waals surface area contributed by atoms with Gasteiger partial charge in [-0.25, -0.2) is 0 Å². The van der Waals surface area contributed by atoms with Crippen LogP contribution in [0.4, 0.5) is 5.69 Å². The number of aryl methyl sites for hydroxylation is 2. The summed E-state index contributed by atoms with van der Waals surface area (Å²) in [6.45, 7) is 5.05. The quantitative estimate of drug-likeness (QED) is 0.934. The zero-order chi connectivity index (χ0) is 18.0. The molecule has 1 fully saturated rings. The molecular weight excluding hydrogens is 316 g/mol. The maximum Gasteiger partial charge on any atom is 0.253 e. The molecule has 2 aromatic rings. The van der Waals surface area contributed by atoms with Crippen LogP contribution in [0.5, 0.6) is 0 Å². The molecule has 0 aliphatic carbocycles. The molecule has 0 atom stereocenters. The highest BCUT2D eigenvalue weighted by Crippen LogP contribution is 2.23. The topological polar surface area (TPSA) is 67.2 Å². The number of amides is 2. The van der Waals surface area contributed by atoms with Crippen LogP contribution in [0.2, 0.25) is 0 Å². The third-order valence-electron chi connectivity index (χ3n) is 4.93. The Kier molecular flexibility index (Phi) is 4.88. The van der Waals surface area contributed by atoms with Crippen molar-refractivity contribution in [3.8, 4) is 0 Å². The maximum absolute atomic E-state index is 12.6. The number of aromatic nitrogens is 2. The molecule has 0 spiro atoms. The minimum atomic E-state index is -0.0705. The Hall–Kier alpha value is -2.63. The van der Waals surface area contributed by atoms with Crippen LogP contribution in [0.1, 0.15) is 34.6 Å². The predicted molar refractivity (Wildman–Crippen MR) is 96.4 cm³/mol. The van der Waals surface area contributed by atoms with Crippen LogP contribution in [-0.2, 0) is 11.8 Å². The first kappa shape index (κ1) is 17.2. The van der Waals surface area contributed by atoms with Crippen molar-refractivity contribution in [3.63, 3.8) is 0 Å². The normalized spacial score (nSPS) is 15.2. The van der Waals surface area contributed by atoms with Gasteiger partial charge in [-0.05, 0) is 38.8 Å². The molecule has 0 radical (unpaired) electrons. The molecule has 0 saturated carbocycles. The number of carbonyl (C=O) groups excluding carboxylic acids is 2. The number of nitrogens with one attached hydrogen (secondary N) is 1. The molecule has 25 heavy (non-hydrogen) atoms. The largest absolute Gasteiger partial charge is 0.339 e. The molecule has 2 heterocycles. The lowest BCUT2D eigenvalue weighted by Crippen LogP contribution is -2.41. The van der Waals surface area contributed by atoms with E-state index in [1.165, 1.54) is 0 Å². The minimum absolute atomic E-state index is 0.0195. The molecule has 1 aliphatic heterocycles. The van der Waals surface area contributed by atoms with Gasteiger partial charge in [-0.1, -0.05) is 18.2 Å². The van der Waals surface area contributed by atoms with E-state index >= 15 is 0 Å². The fourth-order valence-electron chi connectivity index (χ4n) is 3.29. The number of nitrogens with zero attached hydrogens (tertiary/aromatic N) is 3. The van der Waals surface area contributed by atoms with Gasteiger partial charge in [0.1, 0.15) is 0 Å². The highest BCUT2D eigenvalue weighted by atomic mass is 16.2. The van der Waals surface area contributed by atoms with Gasteiger partial charge in [-0.2, -0.15) is 5.10 Å². The van der Waals surface area contributed by atoms with Gasteiger partial charge in [0, 0.05) is 31.6 Å². The average Bonchev–Trinajstić information content (AvgIpc) is 2.88. The summed E-state index contributed by atoms with van der Waals surface area (Å²) in [5.74, 6) is -0.0109. The smallest absolute Gasteiger partial charge is 0.253 e. The number of carbonyl (C=O) groups is 2. The van der Waals surface area contributed by atoms with Gasteiger partial charge in [0.15, 0.2) is 0 Å². The lowest BCUT2D eigenvalue weighted by Gasteiger charge is -2.31. The third kappa shape index (κ3) is 3.57. The van der Waals surface area contributed by atoms with E-state index < -0.39 is 0 Å². The summed E-state index contributed by atoms with van der Waals surface area (Å²) in [6.07, 6.45) is 1.37. The highest BCUT2D eigenvalue weighted by molar-refractivity contribution is 5.95. The minimum Gasteiger partial charge on any atom is -0.339 e. The molecule has 1 aliphatic rings. The number of benzene rings is 1. The summed E-state index contributed by atoms with van der Waals surface area (Å²) >= 11 is 0. The second-order valence-corrected chi connectivity index (χ2v) is 6.59. The van der Waals surface area contributed by atoms with Crippen LogP contribution in [-0.4, -0.2) is 39.6 Å². The summed E-state index contributed by atoms with van der Waals surface area (Å²) in [7, 11) is 1.87. The van der Waals surface area contributed by atoms with Crippen molar-refractivity contribution >= 4 is 17.5 Å². The monoisotopic (exact) mass is 340 g/mol. The number of piperidine rings is 1. The van der Waals surface area contributed by atoms with Gasteiger partial charge in [-0.3, -0.25) is 14.3 Å². The van der Waals surface area contributed by atoms with E-state index in [4.69, 9.17) is 0 Å². The average molecular weight is 340 g/mol. The molecule has 2 amide bonds. The van der Waals surface area contributed by atoms with Crippen molar-refractivity contribution in [1.82, 2.24) is 14.7 Å². The predicted octanol–water partition coefficient (Wildman–Crippen LogP) is 2.53. The van der Waals surface area contributed by atoms with Crippen LogP contribution in [0.25, 0.3) is 0 Å². The molecule has 0 unspecified atom stereocenters. The van der Waals surface area contributed by atoms with Crippen molar-refractivity contribution < 1.29 is 9.59 Å². The third-order valence-corrected chi connectivity index (χ3v) is 4.93. The SMILES string of the molecule is Cc1nn(C)c(C)c1NC(=O)C1CCN(C(=O)c2ccccc2)CC1. The molecule has 1 saturated heterocycles. The van der Waals surface area contributed by atoms with Crippen molar-refractivity contribution in [2.24, 2.45) is 13.0 Å². The molecule has 0 bridgehead atoms. The Morgan fingerprint density at radius 1 is 1.12 bits per heavy atom. The molecule has 1 N–H and O–H groups in total. The Bertz CT molecular complexity index is 774. The van der Waals surface area contributed by atoms with Crippen LogP contribution in [0.3, 0.4) is 0 Å². The van der Waals surface area contributed by atoms with Gasteiger partial charge in [0.2, 0.25) is 5.91 Å². The van der Waals surface area contributed by atoms with Crippen LogP contribution < -0.4 is 5.32 Å². The molecule has 132 valence electrons. The number of hydrogen-bond donors (Lipinski definition) is 1. The Labute approximate surface area is 147 Å². The summed E-state index contributed by atoms with van der Waals surface area (Å²) in [6, 6.07) is 9.29. The molecule has 3 rings (SSSR count). The fraction of sp³-hybridized carbons (Fsp3) is 0.421. The molecule has 1 aromatic heterocycles. The molecule has 6 nitrogen and oxygen atoms in total. The summed E-state index contributed by atoms with van der Waals surface area (Å²) < 4.78 is 1.77. The zero-order valence-corrected chi connectivity index (χ0v) is 15.0. The summed E-state index contributed by atoms with van der Waals surface area (Å²) in [5.41, 5.74) is 3.27. The second kappa shape index (κ2) is 7.09. The maximum atomic E-state index is 12.6. The van der Waals surface area contributed by atoms with Gasteiger partial charge in [0.25, 0.3) is 5.91 Å². The van der Waals surface area contributed by atoms with Crippen molar-refractivity contribution in [1.29, 1.82) is 0 Å². The Balaban J connectivity index is 1.58. The first-order valence-corrected chi connectivity index (χ1v) is 8.62. The van der Waals surface area contributed by atoms with Crippen molar-refractivity contribution in [2.75, 3.05) is 18.4 Å². The van der Waals surface area contributed by atoms with E-state index in [0.717, 1.165) is 17.1 Å². The molecular formula is C19H24N4O2. The lowest BCUT2D eigenvalue weighted by molar-refractivity contribution is -0.121. The van der Waals surface area contributed by atoms with E-state index in [-0.39, 0.29) is 17.7 Å². The van der Waals surface area contributed by atoms with Crippen molar-refractivity contribution in [2.45, 2.75) is 26.7 Å². The zero-order valence-electron chi connectivity index (χ0n) is 15.0. The highest BCUT2D eigenvalue weighted by Gasteiger charge is 2.28. The van der Waals surface area contributed by atoms with E-state index in [1.807, 2.05) is 56.1 Å². The second-order valence-electron chi connectivity index (χ2n) is 6.59. The Morgan fingerprint density at radius 3 is 2.32 bits per heavy atom. The number of anilines is 1. The number of likely N-dealkylation sites (tertiary alicyclic amines) is 1. The summed E-state index contributed by atoms with van der Waals surface area (Å²) in [5, 5.41) is 7.35. The Morgan fingerprint density at radius 2 is 1.76 bits per heavy atom. The first-order valence-electron chi connectivity index (χ1n) is 8.62. The molecule has 1 aromatic carbocycles. The van der Waals surface area contributed by atoms with Crippen LogP contribution in [0, 0.1) is 19.8 Å². The van der Waals surface area contributed by atoms with Crippen LogP contribution in [0.15, 0.2) is 30.3 Å². The van der Waals surface area contributed by atoms with E-state index in [9.17, 15) is 9.59 Å². The van der Waals surface area contributed by atoms with Gasteiger partial charge in [-0.15, -0.1) is 0 Å².